The van der Waals surface area contributed by atoms with Crippen LogP contribution in [0.3, 0.4) is 0 Å². The third kappa shape index (κ3) is 5.28. The molecule has 0 aromatic heterocycles. The molecule has 3 aromatic carbocycles. The predicted octanol–water partition coefficient (Wildman–Crippen LogP) is 3.96. The lowest BCUT2D eigenvalue weighted by molar-refractivity contribution is 0.0696. The Labute approximate surface area is 169 Å². The second-order valence-electron chi connectivity index (χ2n) is 6.53. The number of nitrogens with zero attached hydrogens (tertiary/aromatic N) is 1. The van der Waals surface area contributed by atoms with Crippen molar-refractivity contribution >= 4 is 16.0 Å². The zero-order chi connectivity index (χ0) is 20.9. The van der Waals surface area contributed by atoms with E-state index in [4.69, 9.17) is 5.11 Å². The number of hydrogen-bond donors (Lipinski definition) is 1. The Morgan fingerprint density at radius 1 is 0.862 bits per heavy atom. The summed E-state index contributed by atoms with van der Waals surface area (Å²) in [6, 6.07) is 20.3. The number of halogens is 1. The lowest BCUT2D eigenvalue weighted by Crippen LogP contribution is -2.32. The summed E-state index contributed by atoms with van der Waals surface area (Å²) in [4.78, 5) is 11.0. The van der Waals surface area contributed by atoms with Gasteiger partial charge in [0.15, 0.2) is 0 Å². The van der Waals surface area contributed by atoms with Crippen LogP contribution in [0.25, 0.3) is 0 Å². The summed E-state index contributed by atoms with van der Waals surface area (Å²) < 4.78 is 41.0. The lowest BCUT2D eigenvalue weighted by Gasteiger charge is -2.22. The molecule has 3 aromatic rings. The highest BCUT2D eigenvalue weighted by atomic mass is 32.2. The highest BCUT2D eigenvalue weighted by molar-refractivity contribution is 7.89. The molecule has 150 valence electrons. The molecule has 0 radical (unpaired) electrons. The number of carboxylic acids is 1. The van der Waals surface area contributed by atoms with E-state index >= 15 is 0 Å². The highest BCUT2D eigenvalue weighted by Crippen LogP contribution is 2.20. The summed E-state index contributed by atoms with van der Waals surface area (Å²) in [6.45, 7) is 0.306. The summed E-state index contributed by atoms with van der Waals surface area (Å²) >= 11 is 0. The molecule has 0 aliphatic carbocycles. The minimum Gasteiger partial charge on any atom is -0.478 e. The van der Waals surface area contributed by atoms with Crippen LogP contribution < -0.4 is 0 Å². The van der Waals surface area contributed by atoms with E-state index in [1.165, 1.54) is 40.7 Å². The minimum atomic E-state index is -3.88. The first-order valence-corrected chi connectivity index (χ1v) is 10.4. The van der Waals surface area contributed by atoms with Crippen molar-refractivity contribution in [3.63, 3.8) is 0 Å². The number of rotatable bonds is 8. The van der Waals surface area contributed by atoms with Crippen LogP contribution in [0, 0.1) is 5.82 Å². The Morgan fingerprint density at radius 3 is 2.07 bits per heavy atom. The summed E-state index contributed by atoms with van der Waals surface area (Å²) in [5.41, 5.74) is 1.66. The fourth-order valence-corrected chi connectivity index (χ4v) is 4.32. The SMILES string of the molecule is O=C(O)c1ccc(S(=O)(=O)N(CCc2ccccc2)Cc2ccc(F)cc2)cc1. The molecule has 0 aliphatic heterocycles. The molecule has 5 nitrogen and oxygen atoms in total. The van der Waals surface area contributed by atoms with Gasteiger partial charge in [0.2, 0.25) is 10.0 Å². The molecule has 0 saturated heterocycles. The van der Waals surface area contributed by atoms with E-state index in [0.29, 0.717) is 12.0 Å². The number of carboxylic acid groups (broad SMARTS) is 1. The maximum atomic E-state index is 13.2. The molecule has 0 fully saturated rings. The predicted molar refractivity (Wildman–Crippen MR) is 108 cm³/mol. The Bertz CT molecular complexity index is 1070. The molecule has 0 saturated carbocycles. The molecular formula is C22H20FNO4S. The van der Waals surface area contributed by atoms with Crippen molar-refractivity contribution in [3.8, 4) is 0 Å². The maximum absolute atomic E-state index is 13.2. The Hall–Kier alpha value is -3.03. The first kappa shape index (κ1) is 20.7. The zero-order valence-electron chi connectivity index (χ0n) is 15.5. The van der Waals surface area contributed by atoms with E-state index in [-0.39, 0.29) is 23.5 Å². The number of benzene rings is 3. The standard InChI is InChI=1S/C22H20FNO4S/c23-20-10-6-18(7-11-20)16-24(15-14-17-4-2-1-3-5-17)29(27,28)21-12-8-19(9-13-21)22(25)26/h1-13H,14-16H2,(H,25,26). The van der Waals surface area contributed by atoms with Gasteiger partial charge < -0.3 is 5.11 Å². The van der Waals surface area contributed by atoms with Gasteiger partial charge in [-0.25, -0.2) is 17.6 Å². The summed E-state index contributed by atoms with van der Waals surface area (Å²) in [7, 11) is -3.88. The van der Waals surface area contributed by atoms with Gasteiger partial charge in [0.05, 0.1) is 10.5 Å². The first-order chi connectivity index (χ1) is 13.9. The van der Waals surface area contributed by atoms with Crippen LogP contribution in [0.5, 0.6) is 0 Å². The van der Waals surface area contributed by atoms with Gasteiger partial charge in [-0.1, -0.05) is 42.5 Å². The molecule has 0 amide bonds. The molecule has 0 spiro atoms. The number of sulfonamides is 1. The summed E-state index contributed by atoms with van der Waals surface area (Å²) in [5.74, 6) is -1.52. The molecule has 3 rings (SSSR count). The number of aromatic carboxylic acids is 1. The van der Waals surface area contributed by atoms with Crippen LogP contribution >= 0.6 is 0 Å². The van der Waals surface area contributed by atoms with Gasteiger partial charge in [-0.05, 0) is 53.9 Å². The smallest absolute Gasteiger partial charge is 0.335 e. The average molecular weight is 413 g/mol. The second-order valence-corrected chi connectivity index (χ2v) is 8.47. The number of hydrogen-bond acceptors (Lipinski definition) is 3. The molecule has 7 heteroatoms. The number of carbonyl (C=O) groups is 1. The van der Waals surface area contributed by atoms with Crippen molar-refractivity contribution in [1.82, 2.24) is 4.31 Å². The van der Waals surface area contributed by atoms with Crippen molar-refractivity contribution in [2.45, 2.75) is 17.9 Å². The van der Waals surface area contributed by atoms with Gasteiger partial charge in [0.25, 0.3) is 0 Å². The topological polar surface area (TPSA) is 74.7 Å². The third-order valence-electron chi connectivity index (χ3n) is 4.50. The van der Waals surface area contributed by atoms with Gasteiger partial charge in [-0.3, -0.25) is 0 Å². The third-order valence-corrected chi connectivity index (χ3v) is 6.36. The van der Waals surface area contributed by atoms with Crippen molar-refractivity contribution < 1.29 is 22.7 Å². The van der Waals surface area contributed by atoms with Crippen LogP contribution in [-0.2, 0) is 23.0 Å². The molecule has 0 unspecified atom stereocenters. The van der Waals surface area contributed by atoms with E-state index in [9.17, 15) is 17.6 Å². The van der Waals surface area contributed by atoms with Crippen LogP contribution in [-0.4, -0.2) is 30.3 Å². The first-order valence-electron chi connectivity index (χ1n) is 8.98. The molecule has 1 N–H and O–H groups in total. The summed E-state index contributed by atoms with van der Waals surface area (Å²) in [5, 5.41) is 9.02. The highest BCUT2D eigenvalue weighted by Gasteiger charge is 2.25. The second kappa shape index (κ2) is 8.98. The molecule has 29 heavy (non-hydrogen) atoms. The van der Waals surface area contributed by atoms with Crippen molar-refractivity contribution in [1.29, 1.82) is 0 Å². The van der Waals surface area contributed by atoms with E-state index in [0.717, 1.165) is 5.56 Å². The Balaban J connectivity index is 1.88. The fraction of sp³-hybridized carbons (Fsp3) is 0.136. The van der Waals surface area contributed by atoms with Crippen LogP contribution in [0.1, 0.15) is 21.5 Å². The lowest BCUT2D eigenvalue weighted by atomic mass is 10.1. The quantitative estimate of drug-likeness (QED) is 0.607. The monoisotopic (exact) mass is 413 g/mol. The minimum absolute atomic E-state index is 0.0117. The van der Waals surface area contributed by atoms with E-state index in [2.05, 4.69) is 0 Å². The van der Waals surface area contributed by atoms with Gasteiger partial charge >= 0.3 is 5.97 Å². The zero-order valence-corrected chi connectivity index (χ0v) is 16.3. The Morgan fingerprint density at radius 2 is 1.48 bits per heavy atom. The normalized spacial score (nSPS) is 11.5. The van der Waals surface area contributed by atoms with Crippen LogP contribution in [0.15, 0.2) is 83.8 Å². The maximum Gasteiger partial charge on any atom is 0.335 e. The van der Waals surface area contributed by atoms with Crippen LogP contribution in [0.2, 0.25) is 0 Å². The van der Waals surface area contributed by atoms with Gasteiger partial charge in [-0.15, -0.1) is 0 Å². The van der Waals surface area contributed by atoms with Crippen LogP contribution in [0.4, 0.5) is 4.39 Å². The summed E-state index contributed by atoms with van der Waals surface area (Å²) in [6.07, 6.45) is 0.508. The van der Waals surface area contributed by atoms with Crippen molar-refractivity contribution in [3.05, 3.63) is 101 Å². The largest absolute Gasteiger partial charge is 0.478 e. The van der Waals surface area contributed by atoms with E-state index < -0.39 is 21.8 Å². The molecule has 0 bridgehead atoms. The van der Waals surface area contributed by atoms with Gasteiger partial charge in [-0.2, -0.15) is 4.31 Å². The van der Waals surface area contributed by atoms with Gasteiger partial charge in [0.1, 0.15) is 5.82 Å². The fourth-order valence-electron chi connectivity index (χ4n) is 2.89. The van der Waals surface area contributed by atoms with Crippen molar-refractivity contribution in [2.24, 2.45) is 0 Å². The van der Waals surface area contributed by atoms with E-state index in [1.807, 2.05) is 30.3 Å². The molecule has 0 heterocycles. The molecular weight excluding hydrogens is 393 g/mol. The van der Waals surface area contributed by atoms with E-state index in [1.54, 1.807) is 12.1 Å². The average Bonchev–Trinajstić information content (AvgIpc) is 2.73. The van der Waals surface area contributed by atoms with Gasteiger partial charge in [0, 0.05) is 13.1 Å². The van der Waals surface area contributed by atoms with Crippen molar-refractivity contribution in [2.75, 3.05) is 6.54 Å². The Kier molecular flexibility index (Phi) is 6.41. The molecule has 0 atom stereocenters. The molecule has 0 aliphatic rings.